The molecule has 3 aliphatic heterocycles. The van der Waals surface area contributed by atoms with E-state index >= 15 is 0 Å². The van der Waals surface area contributed by atoms with Gasteiger partial charge in [0, 0.05) is 20.2 Å². The summed E-state index contributed by atoms with van der Waals surface area (Å²) in [4.78, 5) is 14.2. The van der Waals surface area contributed by atoms with E-state index in [4.69, 9.17) is 18.9 Å². The van der Waals surface area contributed by atoms with E-state index in [1.54, 1.807) is 12.0 Å². The van der Waals surface area contributed by atoms with Crippen LogP contribution in [0, 0.1) is 5.92 Å². The Morgan fingerprint density at radius 2 is 2.11 bits per heavy atom. The number of rotatable bonds is 5. The van der Waals surface area contributed by atoms with E-state index < -0.39 is 6.10 Å². The fourth-order valence-corrected chi connectivity index (χ4v) is 5.18. The molecule has 158 valence electrons. The van der Waals surface area contributed by atoms with Gasteiger partial charge in [0.05, 0.1) is 24.7 Å². The second-order valence-electron chi connectivity index (χ2n) is 9.19. The average Bonchev–Trinajstić information content (AvgIpc) is 3.51. The number of β-amino-alcohol motifs (C(OH)–C–C–N with tert-alkyl or cyclic N) is 1. The van der Waals surface area contributed by atoms with Crippen LogP contribution in [0.3, 0.4) is 0 Å². The largest absolute Gasteiger partial charge is 0.443 e. The minimum Gasteiger partial charge on any atom is -0.443 e. The number of aliphatic hydroxyl groups is 1. The fraction of sp³-hybridized carbons (Fsp3) is 0.857. The van der Waals surface area contributed by atoms with Crippen LogP contribution in [0.15, 0.2) is 11.6 Å². The van der Waals surface area contributed by atoms with Crippen molar-refractivity contribution in [1.82, 2.24) is 4.90 Å². The Hall–Kier alpha value is -1.15. The van der Waals surface area contributed by atoms with Gasteiger partial charge in [-0.15, -0.1) is 0 Å². The third-order valence-corrected chi connectivity index (χ3v) is 6.91. The maximum Gasteiger partial charge on any atom is 0.410 e. The minimum atomic E-state index is -0.456. The van der Waals surface area contributed by atoms with Crippen molar-refractivity contribution in [3.05, 3.63) is 11.6 Å². The Morgan fingerprint density at radius 3 is 2.68 bits per heavy atom. The van der Waals surface area contributed by atoms with Crippen molar-refractivity contribution < 1.29 is 28.8 Å². The van der Waals surface area contributed by atoms with Gasteiger partial charge in [0.15, 0.2) is 0 Å². The lowest BCUT2D eigenvalue weighted by molar-refractivity contribution is -0.121. The average molecular weight is 395 g/mol. The van der Waals surface area contributed by atoms with Crippen LogP contribution in [0.2, 0.25) is 0 Å². The first-order valence-electron chi connectivity index (χ1n) is 10.4. The van der Waals surface area contributed by atoms with Crippen molar-refractivity contribution in [3.8, 4) is 0 Å². The summed E-state index contributed by atoms with van der Waals surface area (Å²) >= 11 is 0. The first-order chi connectivity index (χ1) is 13.3. The van der Waals surface area contributed by atoms with Crippen LogP contribution >= 0.6 is 0 Å². The molecule has 0 aromatic carbocycles. The van der Waals surface area contributed by atoms with Gasteiger partial charge in [-0.1, -0.05) is 11.6 Å². The van der Waals surface area contributed by atoms with Gasteiger partial charge < -0.3 is 29.0 Å². The summed E-state index contributed by atoms with van der Waals surface area (Å²) in [5.41, 5.74) is 0.724. The summed E-state index contributed by atoms with van der Waals surface area (Å²) in [5, 5.41) is 9.69. The lowest BCUT2D eigenvalue weighted by Crippen LogP contribution is -2.56. The van der Waals surface area contributed by atoms with Gasteiger partial charge in [0.1, 0.15) is 23.4 Å². The second-order valence-corrected chi connectivity index (χ2v) is 9.19. The molecule has 3 heterocycles. The predicted molar refractivity (Wildman–Crippen MR) is 102 cm³/mol. The van der Waals surface area contributed by atoms with Crippen LogP contribution in [-0.4, -0.2) is 78.5 Å². The predicted octanol–water partition coefficient (Wildman–Crippen LogP) is 2.27. The van der Waals surface area contributed by atoms with E-state index in [1.807, 2.05) is 0 Å². The molecule has 3 saturated heterocycles. The standard InChI is InChI=1S/C21H33NO6/c1-13(2)5-6-16-20(3,28-16)18-17(25-4)15(7-9-21(18)12-26-21)27-19(24)22-10-8-14(23)11-22/h5,14-18,23H,6-12H2,1-4H3/t14?,15-,16-,17-,18-,20+,21?/m1/s1. The van der Waals surface area contributed by atoms with Crippen molar-refractivity contribution in [1.29, 1.82) is 0 Å². The van der Waals surface area contributed by atoms with Crippen LogP contribution in [0.4, 0.5) is 4.79 Å². The molecule has 7 atom stereocenters. The molecule has 0 bridgehead atoms. The summed E-state index contributed by atoms with van der Waals surface area (Å²) in [6.45, 7) is 7.91. The van der Waals surface area contributed by atoms with E-state index in [1.165, 1.54) is 5.57 Å². The minimum absolute atomic E-state index is 0.0243. The quantitative estimate of drug-likeness (QED) is 0.568. The molecule has 1 amide bonds. The Bertz CT molecular complexity index is 643. The third kappa shape index (κ3) is 3.58. The van der Waals surface area contributed by atoms with Gasteiger partial charge in [-0.3, -0.25) is 0 Å². The van der Waals surface area contributed by atoms with E-state index in [9.17, 15) is 9.90 Å². The Kier molecular flexibility index (Phi) is 5.23. The number of epoxide rings is 2. The molecule has 4 fully saturated rings. The second kappa shape index (κ2) is 7.27. The first-order valence-corrected chi connectivity index (χ1v) is 10.4. The van der Waals surface area contributed by atoms with Crippen LogP contribution in [0.25, 0.3) is 0 Å². The molecule has 4 aliphatic rings. The highest BCUT2D eigenvalue weighted by Gasteiger charge is 2.72. The zero-order chi connectivity index (χ0) is 20.1. The number of carbonyl (C=O) groups excluding carboxylic acids is 1. The maximum absolute atomic E-state index is 12.6. The van der Waals surface area contributed by atoms with Crippen molar-refractivity contribution in [2.75, 3.05) is 26.8 Å². The molecule has 1 N–H and O–H groups in total. The molecule has 1 saturated carbocycles. The summed E-state index contributed by atoms with van der Waals surface area (Å²) in [7, 11) is 1.68. The van der Waals surface area contributed by atoms with Crippen molar-refractivity contribution in [2.45, 2.75) is 82.1 Å². The summed E-state index contributed by atoms with van der Waals surface area (Å²) < 4.78 is 23.9. The number of likely N-dealkylation sites (tertiary alicyclic amines) is 1. The molecule has 0 aromatic heterocycles. The topological polar surface area (TPSA) is 84.1 Å². The Balaban J connectivity index is 1.47. The van der Waals surface area contributed by atoms with Crippen LogP contribution in [-0.2, 0) is 18.9 Å². The highest BCUT2D eigenvalue weighted by molar-refractivity contribution is 5.68. The molecule has 7 nitrogen and oxygen atoms in total. The van der Waals surface area contributed by atoms with Gasteiger partial charge in [-0.25, -0.2) is 4.79 Å². The number of methoxy groups -OCH3 is 1. The van der Waals surface area contributed by atoms with Gasteiger partial charge in [0.25, 0.3) is 0 Å². The Labute approximate surface area is 166 Å². The molecular formula is C21H33NO6. The summed E-state index contributed by atoms with van der Waals surface area (Å²) in [6.07, 6.45) is 3.95. The number of allylic oxidation sites excluding steroid dienone is 1. The molecular weight excluding hydrogens is 362 g/mol. The van der Waals surface area contributed by atoms with E-state index in [-0.39, 0.29) is 41.5 Å². The number of carbonyl (C=O) groups is 1. The van der Waals surface area contributed by atoms with Crippen molar-refractivity contribution >= 4 is 6.09 Å². The van der Waals surface area contributed by atoms with Gasteiger partial charge >= 0.3 is 6.09 Å². The Morgan fingerprint density at radius 1 is 1.36 bits per heavy atom. The number of nitrogens with zero attached hydrogens (tertiary/aromatic N) is 1. The lowest BCUT2D eigenvalue weighted by Gasteiger charge is -2.43. The van der Waals surface area contributed by atoms with Crippen molar-refractivity contribution in [2.24, 2.45) is 5.92 Å². The zero-order valence-electron chi connectivity index (χ0n) is 17.3. The zero-order valence-corrected chi connectivity index (χ0v) is 17.3. The van der Waals surface area contributed by atoms with E-state index in [0.717, 1.165) is 12.8 Å². The molecule has 28 heavy (non-hydrogen) atoms. The number of hydrogen-bond donors (Lipinski definition) is 1. The highest BCUT2D eigenvalue weighted by Crippen LogP contribution is 2.59. The number of ether oxygens (including phenoxy) is 4. The lowest BCUT2D eigenvalue weighted by atomic mass is 9.68. The molecule has 7 heteroatoms. The normalized spacial score (nSPS) is 44.5. The molecule has 0 radical (unpaired) electrons. The van der Waals surface area contributed by atoms with E-state index in [2.05, 4.69) is 26.8 Å². The summed E-state index contributed by atoms with van der Waals surface area (Å²) in [5.74, 6) is 0.0243. The van der Waals surface area contributed by atoms with Gasteiger partial charge in [0.2, 0.25) is 0 Å². The first kappa shape index (κ1) is 20.1. The number of aliphatic hydroxyl groups excluding tert-OH is 1. The van der Waals surface area contributed by atoms with Crippen LogP contribution < -0.4 is 0 Å². The summed E-state index contributed by atoms with van der Waals surface area (Å²) in [6, 6.07) is 0. The van der Waals surface area contributed by atoms with Gasteiger partial charge in [-0.05, 0) is 46.5 Å². The molecule has 1 aliphatic carbocycles. The fourth-order valence-electron chi connectivity index (χ4n) is 5.18. The monoisotopic (exact) mass is 395 g/mol. The molecule has 0 aromatic rings. The van der Waals surface area contributed by atoms with Crippen LogP contribution in [0.5, 0.6) is 0 Å². The van der Waals surface area contributed by atoms with Crippen molar-refractivity contribution in [3.63, 3.8) is 0 Å². The van der Waals surface area contributed by atoms with Gasteiger partial charge in [-0.2, -0.15) is 0 Å². The SMILES string of the molecule is CO[C@@H]1[C@H](OC(=O)N2CCC(O)C2)CCC2(CO2)[C@H]1[C@@]1(C)O[C@@H]1CC=C(C)C. The highest BCUT2D eigenvalue weighted by atomic mass is 16.6. The molecule has 2 unspecified atom stereocenters. The molecule has 4 rings (SSSR count). The number of hydrogen-bond acceptors (Lipinski definition) is 6. The third-order valence-electron chi connectivity index (χ3n) is 6.91. The maximum atomic E-state index is 12.6. The number of amides is 1. The smallest absolute Gasteiger partial charge is 0.410 e. The van der Waals surface area contributed by atoms with E-state index in [0.29, 0.717) is 32.5 Å². The van der Waals surface area contributed by atoms with Crippen LogP contribution in [0.1, 0.15) is 46.5 Å². The molecule has 1 spiro atoms.